The molecule has 35 heavy (non-hydrogen) atoms. The first-order valence-electron chi connectivity index (χ1n) is 11.7. The fraction of sp³-hybridized carbons (Fsp3) is 0.214. The van der Waals surface area contributed by atoms with Crippen LogP contribution in [-0.2, 0) is 9.59 Å². The number of nitrogens with one attached hydrogen (secondary N) is 1. The van der Waals surface area contributed by atoms with E-state index in [4.69, 9.17) is 16.3 Å². The fourth-order valence-corrected chi connectivity index (χ4v) is 5.30. The molecular formula is C28H27ClN3O3+. The van der Waals surface area contributed by atoms with Gasteiger partial charge in [0.2, 0.25) is 0 Å². The Morgan fingerprint density at radius 2 is 1.43 bits per heavy atom. The van der Waals surface area contributed by atoms with Gasteiger partial charge in [0.1, 0.15) is 22.5 Å². The number of quaternary nitrogens is 1. The first kappa shape index (κ1) is 23.1. The largest absolute Gasteiger partial charge is 0.497 e. The lowest BCUT2D eigenvalue weighted by Gasteiger charge is -2.38. The molecular weight excluding hydrogens is 462 g/mol. The second-order valence-corrected chi connectivity index (χ2v) is 9.09. The summed E-state index contributed by atoms with van der Waals surface area (Å²) < 4.78 is 5.25. The Kier molecular flexibility index (Phi) is 6.57. The summed E-state index contributed by atoms with van der Waals surface area (Å²) in [5.74, 6) is -0.321. The fourth-order valence-electron chi connectivity index (χ4n) is 5.01. The van der Waals surface area contributed by atoms with E-state index in [1.807, 2.05) is 17.0 Å². The highest BCUT2D eigenvalue weighted by atomic mass is 35.5. The zero-order valence-electron chi connectivity index (χ0n) is 19.5. The summed E-state index contributed by atoms with van der Waals surface area (Å²) in [4.78, 5) is 30.8. The van der Waals surface area contributed by atoms with E-state index in [0.717, 1.165) is 18.0 Å². The molecule has 0 aromatic heterocycles. The Bertz CT molecular complexity index is 1220. The lowest BCUT2D eigenvalue weighted by molar-refractivity contribution is -0.929. The standard InChI is InChI=1S/C28H26ClN3O3/c1-35-23-14-8-13-22(19-23)32-27(33)24(29)26(28(32)34)31-17-15-30(16-18-31)25(20-9-4-2-5-10-20)21-11-6-3-7-12-21/h2-14,19,25H,15-18H2,1H3/p+1. The third-order valence-corrected chi connectivity index (χ3v) is 7.05. The van der Waals surface area contributed by atoms with Crippen molar-refractivity contribution in [2.24, 2.45) is 0 Å². The zero-order valence-corrected chi connectivity index (χ0v) is 20.2. The van der Waals surface area contributed by atoms with E-state index in [9.17, 15) is 9.59 Å². The van der Waals surface area contributed by atoms with E-state index in [2.05, 4.69) is 48.5 Å². The zero-order chi connectivity index (χ0) is 24.4. The number of anilines is 1. The second kappa shape index (κ2) is 9.94. The Hall–Kier alpha value is -3.61. The van der Waals surface area contributed by atoms with E-state index in [-0.39, 0.29) is 22.7 Å². The highest BCUT2D eigenvalue weighted by Crippen LogP contribution is 2.32. The van der Waals surface area contributed by atoms with Crippen LogP contribution in [0, 0.1) is 0 Å². The lowest BCUT2D eigenvalue weighted by atomic mass is 9.96. The smallest absolute Gasteiger partial charge is 0.283 e. The highest BCUT2D eigenvalue weighted by molar-refractivity contribution is 6.52. The molecule has 1 saturated heterocycles. The summed E-state index contributed by atoms with van der Waals surface area (Å²) in [7, 11) is 1.55. The molecule has 0 spiro atoms. The van der Waals surface area contributed by atoms with Crippen LogP contribution in [0.15, 0.2) is 95.7 Å². The van der Waals surface area contributed by atoms with Gasteiger partial charge in [0.25, 0.3) is 11.8 Å². The Labute approximate surface area is 210 Å². The van der Waals surface area contributed by atoms with E-state index in [0.29, 0.717) is 24.5 Å². The Balaban J connectivity index is 1.36. The number of ether oxygens (including phenoxy) is 1. The minimum absolute atomic E-state index is 0.0241. The summed E-state index contributed by atoms with van der Waals surface area (Å²) >= 11 is 6.45. The Morgan fingerprint density at radius 3 is 2.00 bits per heavy atom. The predicted octanol–water partition coefficient (Wildman–Crippen LogP) is 3.01. The topological polar surface area (TPSA) is 54.3 Å². The number of amides is 2. The van der Waals surface area contributed by atoms with E-state index >= 15 is 0 Å². The molecule has 5 rings (SSSR count). The SMILES string of the molecule is COc1cccc(N2C(=O)C(Cl)=C(N3CC[NH+](C(c4ccccc4)c4ccccc4)CC3)C2=O)c1. The number of benzene rings is 3. The molecule has 2 heterocycles. The van der Waals surface area contributed by atoms with Crippen LogP contribution in [0.4, 0.5) is 5.69 Å². The van der Waals surface area contributed by atoms with Crippen molar-refractivity contribution in [1.82, 2.24) is 4.90 Å². The summed E-state index contributed by atoms with van der Waals surface area (Å²) in [6.07, 6.45) is 0. The lowest BCUT2D eigenvalue weighted by Crippen LogP contribution is -3.15. The first-order chi connectivity index (χ1) is 17.1. The average Bonchev–Trinajstić information content (AvgIpc) is 3.13. The van der Waals surface area contributed by atoms with Gasteiger partial charge in [0.15, 0.2) is 0 Å². The van der Waals surface area contributed by atoms with Gasteiger partial charge < -0.3 is 14.5 Å². The van der Waals surface area contributed by atoms with Crippen molar-refractivity contribution in [3.8, 4) is 5.75 Å². The van der Waals surface area contributed by atoms with Gasteiger partial charge in [-0.05, 0) is 12.1 Å². The average molecular weight is 489 g/mol. The summed E-state index contributed by atoms with van der Waals surface area (Å²) in [5.41, 5.74) is 3.26. The summed E-state index contributed by atoms with van der Waals surface area (Å²) in [6, 6.07) is 28.1. The number of imide groups is 1. The van der Waals surface area contributed by atoms with E-state index in [1.165, 1.54) is 16.0 Å². The number of hydrogen-bond donors (Lipinski definition) is 1. The number of carbonyl (C=O) groups excluding carboxylic acids is 2. The van der Waals surface area contributed by atoms with Gasteiger partial charge in [0.05, 0.1) is 39.0 Å². The van der Waals surface area contributed by atoms with Gasteiger partial charge in [-0.3, -0.25) is 9.59 Å². The van der Waals surface area contributed by atoms with Crippen LogP contribution in [0.3, 0.4) is 0 Å². The number of halogens is 1. The first-order valence-corrected chi connectivity index (χ1v) is 12.1. The van der Waals surface area contributed by atoms with Gasteiger partial charge in [-0.1, -0.05) is 78.3 Å². The molecule has 0 atom stereocenters. The number of methoxy groups -OCH3 is 1. The molecule has 6 nitrogen and oxygen atoms in total. The monoisotopic (exact) mass is 488 g/mol. The normalized spacial score (nSPS) is 17.0. The molecule has 0 aliphatic carbocycles. The van der Waals surface area contributed by atoms with Crippen LogP contribution < -0.4 is 14.5 Å². The van der Waals surface area contributed by atoms with Crippen molar-refractivity contribution < 1.29 is 19.2 Å². The van der Waals surface area contributed by atoms with Gasteiger partial charge in [-0.15, -0.1) is 0 Å². The molecule has 2 amide bonds. The number of hydrogen-bond acceptors (Lipinski definition) is 4. The third kappa shape index (κ3) is 4.43. The number of carbonyl (C=O) groups is 2. The Morgan fingerprint density at radius 1 is 0.829 bits per heavy atom. The van der Waals surface area contributed by atoms with E-state index in [1.54, 1.807) is 31.4 Å². The molecule has 0 bridgehead atoms. The summed E-state index contributed by atoms with van der Waals surface area (Å²) in [6.45, 7) is 2.87. The molecule has 0 unspecified atom stereocenters. The van der Waals surface area contributed by atoms with Crippen molar-refractivity contribution in [2.75, 3.05) is 38.2 Å². The van der Waals surface area contributed by atoms with Gasteiger partial charge in [0, 0.05) is 17.2 Å². The maximum atomic E-state index is 13.4. The van der Waals surface area contributed by atoms with Crippen LogP contribution >= 0.6 is 11.6 Å². The minimum Gasteiger partial charge on any atom is -0.497 e. The van der Waals surface area contributed by atoms with Crippen molar-refractivity contribution in [3.63, 3.8) is 0 Å². The van der Waals surface area contributed by atoms with Crippen molar-refractivity contribution >= 4 is 29.1 Å². The maximum Gasteiger partial charge on any atom is 0.283 e. The molecule has 2 aliphatic rings. The van der Waals surface area contributed by atoms with Crippen molar-refractivity contribution in [1.29, 1.82) is 0 Å². The van der Waals surface area contributed by atoms with Crippen LogP contribution in [0.5, 0.6) is 5.75 Å². The minimum atomic E-state index is -0.499. The molecule has 3 aromatic carbocycles. The molecule has 1 fully saturated rings. The third-order valence-electron chi connectivity index (χ3n) is 6.71. The number of piperazine rings is 1. The highest BCUT2D eigenvalue weighted by Gasteiger charge is 2.43. The molecule has 178 valence electrons. The van der Waals surface area contributed by atoms with Gasteiger partial charge >= 0.3 is 0 Å². The van der Waals surface area contributed by atoms with Gasteiger partial charge in [-0.25, -0.2) is 4.90 Å². The number of nitrogens with zero attached hydrogens (tertiary/aromatic N) is 2. The molecule has 1 N–H and O–H groups in total. The molecule has 7 heteroatoms. The van der Waals surface area contributed by atoms with Crippen LogP contribution in [0.1, 0.15) is 17.2 Å². The molecule has 0 radical (unpaired) electrons. The second-order valence-electron chi connectivity index (χ2n) is 8.71. The molecule has 0 saturated carbocycles. The number of rotatable bonds is 6. The quantitative estimate of drug-likeness (QED) is 0.542. The van der Waals surface area contributed by atoms with Crippen LogP contribution in [0.2, 0.25) is 0 Å². The van der Waals surface area contributed by atoms with E-state index < -0.39 is 5.91 Å². The van der Waals surface area contributed by atoms with Gasteiger partial charge in [-0.2, -0.15) is 0 Å². The maximum absolute atomic E-state index is 13.4. The summed E-state index contributed by atoms with van der Waals surface area (Å²) in [5, 5.41) is -0.0241. The molecule has 2 aliphatic heterocycles. The van der Waals surface area contributed by atoms with Crippen molar-refractivity contribution in [2.45, 2.75) is 6.04 Å². The van der Waals surface area contributed by atoms with Crippen molar-refractivity contribution in [3.05, 3.63) is 107 Å². The van der Waals surface area contributed by atoms with Crippen LogP contribution in [0.25, 0.3) is 0 Å². The van der Waals surface area contributed by atoms with Crippen LogP contribution in [-0.4, -0.2) is 50.0 Å². The predicted molar refractivity (Wildman–Crippen MR) is 135 cm³/mol. The molecule has 3 aromatic rings.